The van der Waals surface area contributed by atoms with Gasteiger partial charge in [-0.25, -0.2) is 0 Å². The molecule has 1 fully saturated rings. The van der Waals surface area contributed by atoms with E-state index in [2.05, 4.69) is 81.4 Å². The van der Waals surface area contributed by atoms with Gasteiger partial charge in [0.25, 0.3) is 0 Å². The maximum atomic E-state index is 2.37. The summed E-state index contributed by atoms with van der Waals surface area (Å²) in [4.78, 5) is 0. The molecule has 0 bridgehead atoms. The molecular weight excluding hydrogens is 228 g/mol. The van der Waals surface area contributed by atoms with Crippen molar-refractivity contribution in [3.05, 3.63) is 71.8 Å². The van der Waals surface area contributed by atoms with E-state index >= 15 is 0 Å². The average molecular weight is 250 g/mol. The van der Waals surface area contributed by atoms with Crippen LogP contribution in [0.2, 0.25) is 0 Å². The van der Waals surface area contributed by atoms with Crippen LogP contribution >= 0.6 is 0 Å². The number of benzene rings is 2. The zero-order chi connectivity index (χ0) is 13.5. The minimum absolute atomic E-state index is 0.237. The molecule has 1 atom stereocenters. The highest BCUT2D eigenvalue weighted by Gasteiger charge is 2.60. The molecule has 0 radical (unpaired) electrons. The molecule has 19 heavy (non-hydrogen) atoms. The van der Waals surface area contributed by atoms with Crippen LogP contribution in [0, 0.1) is 11.3 Å². The Morgan fingerprint density at radius 1 is 0.789 bits per heavy atom. The Kier molecular flexibility index (Phi) is 2.78. The molecule has 0 heterocycles. The first-order valence-electron chi connectivity index (χ1n) is 7.16. The van der Waals surface area contributed by atoms with E-state index in [9.17, 15) is 0 Å². The van der Waals surface area contributed by atoms with E-state index in [0.717, 1.165) is 5.92 Å². The van der Waals surface area contributed by atoms with Crippen molar-refractivity contribution in [2.45, 2.75) is 32.6 Å². The second-order valence-electron chi connectivity index (χ2n) is 6.83. The Morgan fingerprint density at radius 3 is 1.53 bits per heavy atom. The van der Waals surface area contributed by atoms with Crippen LogP contribution in [0.5, 0.6) is 0 Å². The maximum absolute atomic E-state index is 2.37. The first-order valence-corrected chi connectivity index (χ1v) is 7.16. The van der Waals surface area contributed by atoms with Crippen molar-refractivity contribution in [3.8, 4) is 0 Å². The molecule has 98 valence electrons. The molecule has 0 N–H and O–H groups in total. The lowest BCUT2D eigenvalue weighted by atomic mass is 9.78. The molecule has 2 aromatic rings. The predicted molar refractivity (Wildman–Crippen MR) is 81.2 cm³/mol. The molecule has 3 rings (SSSR count). The zero-order valence-electron chi connectivity index (χ0n) is 12.1. The van der Waals surface area contributed by atoms with Crippen molar-refractivity contribution in [2.24, 2.45) is 11.3 Å². The van der Waals surface area contributed by atoms with Gasteiger partial charge < -0.3 is 0 Å². The monoisotopic (exact) mass is 250 g/mol. The second kappa shape index (κ2) is 4.23. The molecule has 0 spiro atoms. The maximum Gasteiger partial charge on any atom is 0.0239 e. The number of hydrogen-bond donors (Lipinski definition) is 0. The van der Waals surface area contributed by atoms with Gasteiger partial charge in [-0.05, 0) is 28.9 Å². The molecule has 0 amide bonds. The van der Waals surface area contributed by atoms with Crippen LogP contribution < -0.4 is 0 Å². The Labute approximate surface area is 116 Å². The molecule has 0 saturated heterocycles. The summed E-state index contributed by atoms with van der Waals surface area (Å²) in [7, 11) is 0. The van der Waals surface area contributed by atoms with E-state index < -0.39 is 0 Å². The van der Waals surface area contributed by atoms with Crippen LogP contribution in [0.25, 0.3) is 0 Å². The van der Waals surface area contributed by atoms with E-state index in [4.69, 9.17) is 0 Å². The van der Waals surface area contributed by atoms with Crippen LogP contribution in [0.15, 0.2) is 60.7 Å². The molecule has 0 heteroatoms. The van der Waals surface area contributed by atoms with Gasteiger partial charge in [0.05, 0.1) is 0 Å². The molecule has 0 aromatic heterocycles. The SMILES string of the molecule is CC(C)(C)[C@@H]1CC1(c1ccccc1)c1ccccc1. The third-order valence-electron chi connectivity index (χ3n) is 4.58. The molecule has 1 saturated carbocycles. The molecular formula is C19H22. The van der Waals surface area contributed by atoms with E-state index in [1.54, 1.807) is 0 Å². The van der Waals surface area contributed by atoms with E-state index in [-0.39, 0.29) is 5.41 Å². The quantitative estimate of drug-likeness (QED) is 0.700. The van der Waals surface area contributed by atoms with Crippen molar-refractivity contribution >= 4 is 0 Å². The Morgan fingerprint density at radius 2 is 1.21 bits per heavy atom. The lowest BCUT2D eigenvalue weighted by Gasteiger charge is -2.26. The van der Waals surface area contributed by atoms with Crippen molar-refractivity contribution in [1.29, 1.82) is 0 Å². The van der Waals surface area contributed by atoms with Gasteiger partial charge in [-0.15, -0.1) is 0 Å². The van der Waals surface area contributed by atoms with Gasteiger partial charge in [-0.2, -0.15) is 0 Å². The van der Waals surface area contributed by atoms with Gasteiger partial charge in [-0.3, -0.25) is 0 Å². The van der Waals surface area contributed by atoms with Crippen molar-refractivity contribution < 1.29 is 0 Å². The summed E-state index contributed by atoms with van der Waals surface area (Å²) in [6.45, 7) is 7.10. The number of rotatable bonds is 2. The van der Waals surface area contributed by atoms with E-state index in [0.29, 0.717) is 5.41 Å². The van der Waals surface area contributed by atoms with Crippen molar-refractivity contribution in [1.82, 2.24) is 0 Å². The Bertz CT molecular complexity index is 506. The summed E-state index contributed by atoms with van der Waals surface area (Å²) in [6, 6.07) is 22.0. The third-order valence-corrected chi connectivity index (χ3v) is 4.58. The fraction of sp³-hybridized carbons (Fsp3) is 0.368. The number of hydrogen-bond acceptors (Lipinski definition) is 0. The van der Waals surface area contributed by atoms with Crippen LogP contribution in [0.1, 0.15) is 38.3 Å². The normalized spacial score (nSPS) is 21.1. The van der Waals surface area contributed by atoms with Crippen LogP contribution in [-0.2, 0) is 5.41 Å². The Hall–Kier alpha value is -1.56. The van der Waals surface area contributed by atoms with Gasteiger partial charge >= 0.3 is 0 Å². The van der Waals surface area contributed by atoms with Crippen molar-refractivity contribution in [2.75, 3.05) is 0 Å². The van der Waals surface area contributed by atoms with Crippen LogP contribution in [-0.4, -0.2) is 0 Å². The van der Waals surface area contributed by atoms with Gasteiger partial charge in [-0.1, -0.05) is 81.4 Å². The lowest BCUT2D eigenvalue weighted by Crippen LogP contribution is -2.20. The molecule has 0 aliphatic heterocycles. The first kappa shape index (κ1) is 12.5. The second-order valence-corrected chi connectivity index (χ2v) is 6.83. The van der Waals surface area contributed by atoms with E-state index in [1.165, 1.54) is 17.5 Å². The summed E-state index contributed by atoms with van der Waals surface area (Å²) in [5.41, 5.74) is 3.54. The Balaban J connectivity index is 2.10. The van der Waals surface area contributed by atoms with Gasteiger partial charge in [0.1, 0.15) is 0 Å². The first-order chi connectivity index (χ1) is 9.05. The summed E-state index contributed by atoms with van der Waals surface area (Å²) < 4.78 is 0. The van der Waals surface area contributed by atoms with Gasteiger partial charge in [0, 0.05) is 5.41 Å². The molecule has 2 aromatic carbocycles. The average Bonchev–Trinajstić information content (AvgIpc) is 3.18. The lowest BCUT2D eigenvalue weighted by molar-refractivity contribution is 0.327. The molecule has 1 aliphatic rings. The summed E-state index contributed by atoms with van der Waals surface area (Å²) >= 11 is 0. The standard InChI is InChI=1S/C19H22/c1-18(2,3)17-14-19(17,15-10-6-4-7-11-15)16-12-8-5-9-13-16/h4-13,17H,14H2,1-3H3/t17-/m0/s1. The van der Waals surface area contributed by atoms with Gasteiger partial charge in [0.15, 0.2) is 0 Å². The van der Waals surface area contributed by atoms with E-state index in [1.807, 2.05) is 0 Å². The third kappa shape index (κ3) is 2.00. The zero-order valence-corrected chi connectivity index (χ0v) is 12.1. The minimum atomic E-state index is 0.237. The largest absolute Gasteiger partial charge is 0.0622 e. The van der Waals surface area contributed by atoms with Crippen LogP contribution in [0.4, 0.5) is 0 Å². The fourth-order valence-electron chi connectivity index (χ4n) is 3.58. The smallest absolute Gasteiger partial charge is 0.0239 e. The molecule has 1 aliphatic carbocycles. The topological polar surface area (TPSA) is 0 Å². The highest BCUT2D eigenvalue weighted by Crippen LogP contribution is 2.65. The molecule has 0 nitrogen and oxygen atoms in total. The van der Waals surface area contributed by atoms with Gasteiger partial charge in [0.2, 0.25) is 0 Å². The minimum Gasteiger partial charge on any atom is -0.0622 e. The van der Waals surface area contributed by atoms with Crippen LogP contribution in [0.3, 0.4) is 0 Å². The fourth-order valence-corrected chi connectivity index (χ4v) is 3.58. The predicted octanol–water partition coefficient (Wildman–Crippen LogP) is 5.04. The van der Waals surface area contributed by atoms with Crippen molar-refractivity contribution in [3.63, 3.8) is 0 Å². The molecule has 0 unspecified atom stereocenters. The summed E-state index contributed by atoms with van der Waals surface area (Å²) in [6.07, 6.45) is 1.27. The highest BCUT2D eigenvalue weighted by molar-refractivity contribution is 5.47. The summed E-state index contributed by atoms with van der Waals surface area (Å²) in [5.74, 6) is 0.727. The highest BCUT2D eigenvalue weighted by atomic mass is 14.6. The summed E-state index contributed by atoms with van der Waals surface area (Å²) in [5, 5.41) is 0.